The predicted octanol–water partition coefficient (Wildman–Crippen LogP) is 1.23. The Kier molecular flexibility index (Phi) is 6.94. The van der Waals surface area contributed by atoms with Gasteiger partial charge in [-0.05, 0) is 47.5 Å². The summed E-state index contributed by atoms with van der Waals surface area (Å²) >= 11 is 3.39. The Morgan fingerprint density at radius 1 is 1.33 bits per heavy atom. The number of nitrogens with zero attached hydrogens (tertiary/aromatic N) is 1. The number of hydrazone groups is 1. The Balaban J connectivity index is 2.10. The molecule has 2 aromatic rings. The molecule has 3 N–H and O–H groups in total. The molecule has 1 amide bonds. The molecule has 0 aliphatic carbocycles. The molecule has 10 heteroatoms. The third-order valence-corrected chi connectivity index (χ3v) is 4.12. The first-order valence-electron chi connectivity index (χ1n) is 8.00. The van der Waals surface area contributed by atoms with E-state index in [1.54, 1.807) is 19.1 Å². The number of ether oxygens (including phenoxy) is 2. The van der Waals surface area contributed by atoms with Crippen molar-refractivity contribution in [2.75, 3.05) is 13.7 Å². The topological polar surface area (TPSA) is 126 Å². The molecule has 0 unspecified atom stereocenters. The van der Waals surface area contributed by atoms with E-state index in [1.165, 1.54) is 13.3 Å². The van der Waals surface area contributed by atoms with E-state index in [1.807, 2.05) is 6.92 Å². The first-order valence-corrected chi connectivity index (χ1v) is 8.79. The summed E-state index contributed by atoms with van der Waals surface area (Å²) in [5, 5.41) is 3.89. The van der Waals surface area contributed by atoms with Crippen LogP contribution in [-0.2, 0) is 11.2 Å². The maximum atomic E-state index is 12.0. The molecule has 0 atom stereocenters. The van der Waals surface area contributed by atoms with Crippen LogP contribution in [0.4, 0.5) is 0 Å². The molecule has 0 fully saturated rings. The Bertz CT molecular complexity index is 980. The highest BCUT2D eigenvalue weighted by Crippen LogP contribution is 2.36. The van der Waals surface area contributed by atoms with E-state index in [9.17, 15) is 14.4 Å². The summed E-state index contributed by atoms with van der Waals surface area (Å²) in [4.78, 5) is 39.5. The molecule has 0 aliphatic heterocycles. The van der Waals surface area contributed by atoms with Crippen molar-refractivity contribution < 1.29 is 14.3 Å². The number of benzene rings is 1. The van der Waals surface area contributed by atoms with Gasteiger partial charge in [-0.3, -0.25) is 14.6 Å². The molecule has 0 saturated carbocycles. The SMILES string of the molecule is CCOc1cc(/C=N\NC(=O)Cc2c(C)[nH]c(=O)[nH]c2=O)cc(Br)c1OC. The van der Waals surface area contributed by atoms with Crippen molar-refractivity contribution in [1.29, 1.82) is 0 Å². The Morgan fingerprint density at radius 2 is 2.07 bits per heavy atom. The molecule has 0 spiro atoms. The highest BCUT2D eigenvalue weighted by Gasteiger charge is 2.12. The van der Waals surface area contributed by atoms with E-state index >= 15 is 0 Å². The molecule has 2 rings (SSSR count). The van der Waals surface area contributed by atoms with Crippen molar-refractivity contribution in [1.82, 2.24) is 15.4 Å². The standard InChI is InChI=1S/C17H19BrN4O5/c1-4-27-13-6-10(5-12(18)15(13)26-3)8-19-22-14(23)7-11-9(2)20-17(25)21-16(11)24/h5-6,8H,4,7H2,1-3H3,(H,22,23)(H2,20,21,24,25)/b19-8-. The molecule has 0 radical (unpaired) electrons. The fourth-order valence-electron chi connectivity index (χ4n) is 2.34. The maximum absolute atomic E-state index is 12.0. The van der Waals surface area contributed by atoms with Crippen LogP contribution in [0.5, 0.6) is 11.5 Å². The van der Waals surface area contributed by atoms with Crippen LogP contribution in [0.3, 0.4) is 0 Å². The smallest absolute Gasteiger partial charge is 0.325 e. The van der Waals surface area contributed by atoms with Gasteiger partial charge in [0.2, 0.25) is 5.91 Å². The average molecular weight is 439 g/mol. The van der Waals surface area contributed by atoms with Gasteiger partial charge >= 0.3 is 5.69 Å². The number of carbonyl (C=O) groups excluding carboxylic acids is 1. The van der Waals surface area contributed by atoms with Crippen LogP contribution in [0.25, 0.3) is 0 Å². The highest BCUT2D eigenvalue weighted by molar-refractivity contribution is 9.10. The molecule has 0 saturated heterocycles. The molecule has 1 aromatic heterocycles. The molecular weight excluding hydrogens is 420 g/mol. The van der Waals surface area contributed by atoms with Crippen LogP contribution in [0.1, 0.15) is 23.7 Å². The maximum Gasteiger partial charge on any atom is 0.325 e. The number of halogens is 1. The summed E-state index contributed by atoms with van der Waals surface area (Å²) in [5.41, 5.74) is 2.31. The zero-order valence-corrected chi connectivity index (χ0v) is 16.6. The lowest BCUT2D eigenvalue weighted by Gasteiger charge is -2.11. The van der Waals surface area contributed by atoms with Crippen LogP contribution in [-0.4, -0.2) is 35.8 Å². The summed E-state index contributed by atoms with van der Waals surface area (Å²) < 4.78 is 11.5. The third-order valence-electron chi connectivity index (χ3n) is 3.53. The van der Waals surface area contributed by atoms with Gasteiger partial charge < -0.3 is 14.5 Å². The number of methoxy groups -OCH3 is 1. The number of aromatic amines is 2. The van der Waals surface area contributed by atoms with Crippen LogP contribution in [0.2, 0.25) is 0 Å². The molecule has 1 heterocycles. The van der Waals surface area contributed by atoms with Gasteiger partial charge in [0.25, 0.3) is 5.56 Å². The molecular formula is C17H19BrN4O5. The van der Waals surface area contributed by atoms with Gasteiger partial charge in [-0.1, -0.05) is 0 Å². The van der Waals surface area contributed by atoms with Crippen molar-refractivity contribution in [2.45, 2.75) is 20.3 Å². The lowest BCUT2D eigenvalue weighted by molar-refractivity contribution is -0.120. The molecule has 27 heavy (non-hydrogen) atoms. The first kappa shape index (κ1) is 20.4. The second kappa shape index (κ2) is 9.17. The Morgan fingerprint density at radius 3 is 2.70 bits per heavy atom. The lowest BCUT2D eigenvalue weighted by Crippen LogP contribution is -2.30. The predicted molar refractivity (Wildman–Crippen MR) is 104 cm³/mol. The lowest BCUT2D eigenvalue weighted by atomic mass is 10.1. The summed E-state index contributed by atoms with van der Waals surface area (Å²) in [6, 6.07) is 3.48. The summed E-state index contributed by atoms with van der Waals surface area (Å²) in [7, 11) is 1.54. The number of hydrogen-bond donors (Lipinski definition) is 3. The van der Waals surface area contributed by atoms with Gasteiger partial charge in [0, 0.05) is 11.3 Å². The molecule has 0 bridgehead atoms. The normalized spacial score (nSPS) is 10.8. The number of hydrogen-bond acceptors (Lipinski definition) is 6. The number of nitrogens with one attached hydrogen (secondary N) is 3. The van der Waals surface area contributed by atoms with Crippen LogP contribution in [0.15, 0.2) is 31.3 Å². The quantitative estimate of drug-likeness (QED) is 0.442. The van der Waals surface area contributed by atoms with E-state index in [4.69, 9.17) is 9.47 Å². The van der Waals surface area contributed by atoms with Crippen molar-refractivity contribution >= 4 is 28.1 Å². The fourth-order valence-corrected chi connectivity index (χ4v) is 2.96. The first-order chi connectivity index (χ1) is 12.8. The van der Waals surface area contributed by atoms with E-state index in [0.717, 1.165) is 0 Å². The van der Waals surface area contributed by atoms with E-state index < -0.39 is 17.2 Å². The van der Waals surface area contributed by atoms with Crippen molar-refractivity contribution in [3.05, 3.63) is 54.3 Å². The van der Waals surface area contributed by atoms with Crippen LogP contribution < -0.4 is 26.1 Å². The van der Waals surface area contributed by atoms with Crippen molar-refractivity contribution in [3.63, 3.8) is 0 Å². The fraction of sp³-hybridized carbons (Fsp3) is 0.294. The number of H-pyrrole nitrogens is 2. The zero-order chi connectivity index (χ0) is 20.0. The zero-order valence-electron chi connectivity index (χ0n) is 15.0. The molecule has 0 aliphatic rings. The van der Waals surface area contributed by atoms with Gasteiger partial charge in [-0.2, -0.15) is 5.10 Å². The van der Waals surface area contributed by atoms with Crippen LogP contribution >= 0.6 is 15.9 Å². The molecule has 1 aromatic carbocycles. The monoisotopic (exact) mass is 438 g/mol. The van der Waals surface area contributed by atoms with E-state index in [2.05, 4.69) is 36.4 Å². The average Bonchev–Trinajstić information content (AvgIpc) is 2.58. The van der Waals surface area contributed by atoms with E-state index in [-0.39, 0.29) is 12.0 Å². The molecule has 9 nitrogen and oxygen atoms in total. The number of carbonyl (C=O) groups is 1. The largest absolute Gasteiger partial charge is 0.492 e. The second-order valence-electron chi connectivity index (χ2n) is 5.45. The summed E-state index contributed by atoms with van der Waals surface area (Å²) in [6.45, 7) is 3.87. The minimum atomic E-state index is -0.616. The number of rotatable bonds is 7. The number of aromatic nitrogens is 2. The minimum Gasteiger partial charge on any atom is -0.492 e. The number of aryl methyl sites for hydroxylation is 1. The van der Waals surface area contributed by atoms with Gasteiger partial charge in [0.05, 0.1) is 30.8 Å². The van der Waals surface area contributed by atoms with Crippen molar-refractivity contribution in [3.8, 4) is 11.5 Å². The van der Waals surface area contributed by atoms with Gasteiger partial charge in [-0.25, -0.2) is 10.2 Å². The van der Waals surface area contributed by atoms with Gasteiger partial charge in [-0.15, -0.1) is 0 Å². The van der Waals surface area contributed by atoms with E-state index in [0.29, 0.717) is 33.8 Å². The summed E-state index contributed by atoms with van der Waals surface area (Å²) in [5.74, 6) is 0.605. The minimum absolute atomic E-state index is 0.174. The van der Waals surface area contributed by atoms with Gasteiger partial charge in [0.1, 0.15) is 0 Å². The van der Waals surface area contributed by atoms with Crippen molar-refractivity contribution in [2.24, 2.45) is 5.10 Å². The third kappa shape index (κ3) is 5.30. The highest BCUT2D eigenvalue weighted by atomic mass is 79.9. The molecule has 144 valence electrons. The Labute approximate surface area is 162 Å². The second-order valence-corrected chi connectivity index (χ2v) is 6.30. The van der Waals surface area contributed by atoms with Gasteiger partial charge in [0.15, 0.2) is 11.5 Å². The summed E-state index contributed by atoms with van der Waals surface area (Å²) in [6.07, 6.45) is 1.22. The Hall–Kier alpha value is -2.88. The van der Waals surface area contributed by atoms with Crippen LogP contribution in [0, 0.1) is 6.92 Å². The number of amides is 1.